The average Bonchev–Trinajstić information content (AvgIpc) is 2.78. The van der Waals surface area contributed by atoms with Gasteiger partial charge in [-0.3, -0.25) is 0 Å². The molecule has 3 aromatic rings. The summed E-state index contributed by atoms with van der Waals surface area (Å²) >= 11 is 18.8. The van der Waals surface area contributed by atoms with E-state index in [1.165, 1.54) is 0 Å². The monoisotopic (exact) mass is 487 g/mol. The topological polar surface area (TPSA) is 66.6 Å². The van der Waals surface area contributed by atoms with Gasteiger partial charge in [-0.1, -0.05) is 53.0 Å². The Morgan fingerprint density at radius 3 is 2.38 bits per heavy atom. The molecule has 0 aliphatic carbocycles. The molecule has 164 valence electrons. The van der Waals surface area contributed by atoms with Gasteiger partial charge in [0.2, 0.25) is 0 Å². The van der Waals surface area contributed by atoms with Gasteiger partial charge in [0.15, 0.2) is 11.5 Å². The number of hydrogen-bond donors (Lipinski definition) is 1. The molecule has 3 aromatic carbocycles. The second-order valence-electron chi connectivity index (χ2n) is 6.65. The van der Waals surface area contributed by atoms with Gasteiger partial charge in [-0.05, 0) is 54.4 Å². The quantitative estimate of drug-likeness (QED) is 0.271. The van der Waals surface area contributed by atoms with E-state index >= 15 is 0 Å². The molecule has 0 radical (unpaired) electrons. The molecule has 0 saturated heterocycles. The lowest BCUT2D eigenvalue weighted by Gasteiger charge is -2.14. The summed E-state index contributed by atoms with van der Waals surface area (Å²) in [6.45, 7) is 3.01. The highest BCUT2D eigenvalue weighted by Crippen LogP contribution is 2.37. The first kappa shape index (κ1) is 23.7. The van der Waals surface area contributed by atoms with Crippen LogP contribution in [0.5, 0.6) is 11.5 Å². The minimum absolute atomic E-state index is 0.291. The fraction of sp³-hybridized carbons (Fsp3) is 0.167. The summed E-state index contributed by atoms with van der Waals surface area (Å²) in [5.41, 5.74) is 5.95. The van der Waals surface area contributed by atoms with Gasteiger partial charge in [0.25, 0.3) is 0 Å². The van der Waals surface area contributed by atoms with Crippen molar-refractivity contribution in [3.05, 3.63) is 91.9 Å². The Balaban J connectivity index is 1.70. The van der Waals surface area contributed by atoms with Crippen molar-refractivity contribution in [2.75, 3.05) is 6.61 Å². The number of halogens is 3. The van der Waals surface area contributed by atoms with E-state index in [0.717, 1.165) is 16.7 Å². The molecular weight excluding hydrogens is 469 g/mol. The average molecular weight is 489 g/mol. The second-order valence-corrected chi connectivity index (χ2v) is 7.88. The molecule has 0 fully saturated rings. The van der Waals surface area contributed by atoms with Crippen LogP contribution in [-0.4, -0.2) is 12.8 Å². The molecule has 0 bridgehead atoms. The zero-order chi connectivity index (χ0) is 22.9. The van der Waals surface area contributed by atoms with Crippen molar-refractivity contribution in [2.45, 2.75) is 20.1 Å². The molecule has 3 rings (SSSR count). The lowest BCUT2D eigenvalue weighted by molar-refractivity contribution is 0.269. The number of benzene rings is 3. The zero-order valence-corrected chi connectivity index (χ0v) is 19.5. The van der Waals surface area contributed by atoms with Gasteiger partial charge in [0.05, 0.1) is 36.0 Å². The maximum absolute atomic E-state index is 8.91. The van der Waals surface area contributed by atoms with Crippen LogP contribution >= 0.6 is 34.8 Å². The molecule has 0 spiro atoms. The Morgan fingerprint density at radius 1 is 1.00 bits per heavy atom. The molecule has 0 unspecified atom stereocenters. The van der Waals surface area contributed by atoms with Gasteiger partial charge in [-0.25, -0.2) is 0 Å². The van der Waals surface area contributed by atoms with Crippen molar-refractivity contribution in [1.29, 1.82) is 5.26 Å². The Kier molecular flexibility index (Phi) is 8.64. The van der Waals surface area contributed by atoms with E-state index in [1.54, 1.807) is 48.7 Å². The number of ether oxygens (including phenoxy) is 2. The van der Waals surface area contributed by atoms with E-state index < -0.39 is 0 Å². The largest absolute Gasteiger partial charge is 0.490 e. The number of nitrogens with one attached hydrogen (secondary N) is 1. The molecule has 5 nitrogen and oxygen atoms in total. The van der Waals surface area contributed by atoms with Crippen LogP contribution in [0.2, 0.25) is 15.1 Å². The van der Waals surface area contributed by atoms with Crippen LogP contribution in [0.3, 0.4) is 0 Å². The Bertz CT molecular complexity index is 1120. The highest BCUT2D eigenvalue weighted by atomic mass is 35.5. The summed E-state index contributed by atoms with van der Waals surface area (Å²) in [6, 6.07) is 18.1. The molecule has 0 atom stereocenters. The van der Waals surface area contributed by atoms with Gasteiger partial charge >= 0.3 is 0 Å². The third-order valence-electron chi connectivity index (χ3n) is 4.42. The zero-order valence-electron chi connectivity index (χ0n) is 17.2. The summed E-state index contributed by atoms with van der Waals surface area (Å²) in [6.07, 6.45) is 1.63. The predicted octanol–water partition coefficient (Wildman–Crippen LogP) is 6.62. The molecule has 8 heteroatoms. The molecule has 0 saturated carbocycles. The molecule has 1 N–H and O–H groups in total. The number of nitrogens with zero attached hydrogens (tertiary/aromatic N) is 2. The van der Waals surface area contributed by atoms with E-state index in [0.29, 0.717) is 51.9 Å². The summed E-state index contributed by atoms with van der Waals surface area (Å²) in [5.74, 6) is 0.968. The molecule has 0 aliphatic rings. The van der Waals surface area contributed by atoms with Crippen molar-refractivity contribution >= 4 is 41.0 Å². The molecule has 0 heterocycles. The van der Waals surface area contributed by atoms with Gasteiger partial charge in [0.1, 0.15) is 6.61 Å². The van der Waals surface area contributed by atoms with Crippen molar-refractivity contribution in [3.63, 3.8) is 0 Å². The maximum Gasteiger partial charge on any atom is 0.180 e. The highest BCUT2D eigenvalue weighted by Gasteiger charge is 2.13. The first-order valence-corrected chi connectivity index (χ1v) is 10.9. The van der Waals surface area contributed by atoms with E-state index in [4.69, 9.17) is 49.5 Å². The lowest BCUT2D eigenvalue weighted by Crippen LogP contribution is -2.07. The Morgan fingerprint density at radius 2 is 1.72 bits per heavy atom. The van der Waals surface area contributed by atoms with E-state index in [2.05, 4.69) is 16.6 Å². The predicted molar refractivity (Wildman–Crippen MR) is 129 cm³/mol. The summed E-state index contributed by atoms with van der Waals surface area (Å²) in [7, 11) is 0. The maximum atomic E-state index is 8.91. The van der Waals surface area contributed by atoms with Gasteiger partial charge in [-0.15, -0.1) is 0 Å². The van der Waals surface area contributed by atoms with E-state index in [-0.39, 0.29) is 0 Å². The van der Waals surface area contributed by atoms with Crippen molar-refractivity contribution in [3.8, 4) is 17.6 Å². The van der Waals surface area contributed by atoms with Crippen molar-refractivity contribution in [2.24, 2.45) is 5.10 Å². The standard InChI is InChI=1S/C24H20Cl3N3O2/c1-2-31-23-11-18(13-29-30-14-19-20(25)4-3-5-21(19)26)10-22(27)24(23)32-15-17-8-6-16(12-28)7-9-17/h3-11,13,30H,2,14-15H2,1H3/b29-13+. The van der Waals surface area contributed by atoms with Crippen LogP contribution < -0.4 is 14.9 Å². The molecular formula is C24H20Cl3N3O2. The smallest absolute Gasteiger partial charge is 0.180 e. The Hall–Kier alpha value is -2.91. The molecule has 0 aliphatic heterocycles. The van der Waals surface area contributed by atoms with Crippen LogP contribution in [-0.2, 0) is 13.2 Å². The first-order chi connectivity index (χ1) is 15.5. The van der Waals surface area contributed by atoms with Crippen molar-refractivity contribution < 1.29 is 9.47 Å². The number of hydrazone groups is 1. The molecule has 0 amide bonds. The fourth-order valence-electron chi connectivity index (χ4n) is 2.84. The van der Waals surface area contributed by atoms with Crippen LogP contribution in [0.4, 0.5) is 0 Å². The van der Waals surface area contributed by atoms with Crippen LogP contribution in [0.15, 0.2) is 59.7 Å². The third kappa shape index (κ3) is 6.30. The van der Waals surface area contributed by atoms with Gasteiger partial charge < -0.3 is 14.9 Å². The minimum atomic E-state index is 0.291. The first-order valence-electron chi connectivity index (χ1n) is 9.78. The minimum Gasteiger partial charge on any atom is -0.490 e. The van der Waals surface area contributed by atoms with Crippen LogP contribution in [0.1, 0.15) is 29.2 Å². The fourth-order valence-corrected chi connectivity index (χ4v) is 3.65. The van der Waals surface area contributed by atoms with Gasteiger partial charge in [0, 0.05) is 15.6 Å². The number of nitriles is 1. The normalized spacial score (nSPS) is 10.7. The number of rotatable bonds is 9. The van der Waals surface area contributed by atoms with E-state index in [9.17, 15) is 0 Å². The Labute approximate surface area is 202 Å². The van der Waals surface area contributed by atoms with Crippen molar-refractivity contribution in [1.82, 2.24) is 5.43 Å². The second kappa shape index (κ2) is 11.6. The summed E-state index contributed by atoms with van der Waals surface area (Å²) < 4.78 is 11.6. The SMILES string of the molecule is CCOc1cc(/C=N/NCc2c(Cl)cccc2Cl)cc(Cl)c1OCc1ccc(C#N)cc1. The number of hydrogen-bond acceptors (Lipinski definition) is 5. The van der Waals surface area contributed by atoms with Crippen LogP contribution in [0, 0.1) is 11.3 Å². The van der Waals surface area contributed by atoms with Gasteiger partial charge in [-0.2, -0.15) is 10.4 Å². The third-order valence-corrected chi connectivity index (χ3v) is 5.41. The summed E-state index contributed by atoms with van der Waals surface area (Å²) in [4.78, 5) is 0. The van der Waals surface area contributed by atoms with E-state index in [1.807, 2.05) is 19.1 Å². The highest BCUT2D eigenvalue weighted by molar-refractivity contribution is 6.36. The molecule has 32 heavy (non-hydrogen) atoms. The summed E-state index contributed by atoms with van der Waals surface area (Å²) in [5, 5.41) is 14.7. The van der Waals surface area contributed by atoms with Crippen LogP contribution in [0.25, 0.3) is 0 Å². The molecule has 0 aromatic heterocycles. The lowest BCUT2D eigenvalue weighted by atomic mass is 10.1.